The van der Waals surface area contributed by atoms with E-state index in [2.05, 4.69) is 0 Å². The van der Waals surface area contributed by atoms with E-state index in [9.17, 15) is 18.4 Å². The van der Waals surface area contributed by atoms with Crippen LogP contribution in [0.3, 0.4) is 0 Å². The Kier molecular flexibility index (Phi) is 6.55. The number of ether oxygens (including phenoxy) is 1. The molecular weight excluding hydrogens is 357 g/mol. The average Bonchev–Trinajstić information content (AvgIpc) is 2.61. The summed E-state index contributed by atoms with van der Waals surface area (Å²) in [7, 11) is 0. The molecule has 0 fully saturated rings. The van der Waals surface area contributed by atoms with Gasteiger partial charge in [0.15, 0.2) is 5.78 Å². The second-order valence-corrected chi connectivity index (χ2v) is 5.94. The summed E-state index contributed by atoms with van der Waals surface area (Å²) in [6.45, 7) is 2.29. The zero-order valence-electron chi connectivity index (χ0n) is 14.9. The first-order valence-electron chi connectivity index (χ1n) is 8.35. The van der Waals surface area contributed by atoms with Crippen LogP contribution in [-0.4, -0.2) is 24.0 Å². The number of esters is 1. The largest absolute Gasteiger partial charge is 0.463 e. The van der Waals surface area contributed by atoms with Gasteiger partial charge in [-0.1, -0.05) is 36.4 Å². The highest BCUT2D eigenvalue weighted by Crippen LogP contribution is 2.36. The number of benzene rings is 2. The molecule has 0 radical (unpaired) electrons. The van der Waals surface area contributed by atoms with E-state index in [0.717, 1.165) is 19.1 Å². The van der Waals surface area contributed by atoms with Crippen LogP contribution in [0.25, 0.3) is 6.08 Å². The molecule has 0 bridgehead atoms. The molecule has 6 heteroatoms. The number of allylic oxidation sites excluding steroid dienone is 1. The van der Waals surface area contributed by atoms with E-state index in [1.807, 2.05) is 0 Å². The third-order valence-electron chi connectivity index (χ3n) is 4.05. The number of halogens is 3. The molecule has 2 unspecified atom stereocenters. The summed E-state index contributed by atoms with van der Waals surface area (Å²) in [4.78, 5) is 24.3. The van der Waals surface area contributed by atoms with Gasteiger partial charge in [-0.25, -0.2) is 18.0 Å². The van der Waals surface area contributed by atoms with Crippen LogP contribution in [0, 0.1) is 11.6 Å². The number of rotatable bonds is 7. The summed E-state index contributed by atoms with van der Waals surface area (Å²) in [6, 6.07) is 10.4. The van der Waals surface area contributed by atoms with Gasteiger partial charge < -0.3 is 4.74 Å². The smallest absolute Gasteiger partial charge is 0.352 e. The maximum atomic E-state index is 15.7. The lowest BCUT2D eigenvalue weighted by Gasteiger charge is -2.28. The molecule has 0 aliphatic heterocycles. The molecular formula is C21H19F3O3. The molecule has 3 nitrogen and oxygen atoms in total. The van der Waals surface area contributed by atoms with Gasteiger partial charge in [-0.3, -0.25) is 4.79 Å². The van der Waals surface area contributed by atoms with Crippen molar-refractivity contribution in [3.8, 4) is 0 Å². The van der Waals surface area contributed by atoms with Crippen molar-refractivity contribution in [1.82, 2.24) is 0 Å². The van der Waals surface area contributed by atoms with Crippen molar-refractivity contribution in [3.05, 3.63) is 77.4 Å². The predicted octanol–water partition coefficient (Wildman–Crippen LogP) is 4.62. The zero-order chi connectivity index (χ0) is 20.0. The molecule has 0 aliphatic rings. The normalized spacial score (nSPS) is 14.6. The van der Waals surface area contributed by atoms with Gasteiger partial charge in [0.2, 0.25) is 0 Å². The van der Waals surface area contributed by atoms with Crippen LogP contribution < -0.4 is 0 Å². The van der Waals surface area contributed by atoms with Crippen molar-refractivity contribution in [1.29, 1.82) is 0 Å². The topological polar surface area (TPSA) is 43.4 Å². The van der Waals surface area contributed by atoms with Crippen molar-refractivity contribution in [2.45, 2.75) is 25.4 Å². The standard InChI is InChI=1S/C21H19F3O3/c1-3-27-20(26)21(24,14(2)25)19(16-7-5-9-18(23)13-16)11-10-15-6-4-8-17(22)12-15/h4-13,19H,3H2,1-2H3/b11-10+. The monoisotopic (exact) mass is 376 g/mol. The molecule has 2 aromatic carbocycles. The second-order valence-electron chi connectivity index (χ2n) is 5.94. The molecule has 0 amide bonds. The fourth-order valence-electron chi connectivity index (χ4n) is 2.72. The van der Waals surface area contributed by atoms with E-state index in [1.54, 1.807) is 6.07 Å². The fraction of sp³-hybridized carbons (Fsp3) is 0.238. The molecule has 2 rings (SSSR count). The lowest BCUT2D eigenvalue weighted by atomic mass is 9.80. The quantitative estimate of drug-likeness (QED) is 0.523. The van der Waals surface area contributed by atoms with E-state index in [1.165, 1.54) is 49.4 Å². The Hall–Kier alpha value is -2.89. The molecule has 0 aliphatic carbocycles. The first-order chi connectivity index (χ1) is 12.8. The molecule has 0 saturated carbocycles. The first kappa shape index (κ1) is 20.4. The minimum absolute atomic E-state index is 0.0772. The minimum Gasteiger partial charge on any atom is -0.463 e. The maximum absolute atomic E-state index is 15.7. The van der Waals surface area contributed by atoms with Crippen molar-refractivity contribution < 1.29 is 27.5 Å². The molecule has 27 heavy (non-hydrogen) atoms. The highest BCUT2D eigenvalue weighted by Gasteiger charge is 2.52. The summed E-state index contributed by atoms with van der Waals surface area (Å²) in [5.74, 6) is -5.02. The van der Waals surface area contributed by atoms with E-state index < -0.39 is 35.0 Å². The van der Waals surface area contributed by atoms with Gasteiger partial charge in [-0.05, 0) is 49.2 Å². The zero-order valence-corrected chi connectivity index (χ0v) is 14.9. The Morgan fingerprint density at radius 3 is 2.30 bits per heavy atom. The van der Waals surface area contributed by atoms with Crippen molar-refractivity contribution in [2.24, 2.45) is 0 Å². The molecule has 0 heterocycles. The van der Waals surface area contributed by atoms with Crippen LogP contribution in [0.5, 0.6) is 0 Å². The van der Waals surface area contributed by atoms with Crippen LogP contribution in [0.2, 0.25) is 0 Å². The summed E-state index contributed by atoms with van der Waals surface area (Å²) in [6.07, 6.45) is 2.61. The number of hydrogen-bond acceptors (Lipinski definition) is 3. The third kappa shape index (κ3) is 4.64. The maximum Gasteiger partial charge on any atom is 0.352 e. The Morgan fingerprint density at radius 1 is 1.11 bits per heavy atom. The summed E-state index contributed by atoms with van der Waals surface area (Å²) in [5, 5.41) is 0. The molecule has 0 spiro atoms. The number of carbonyl (C=O) groups excluding carboxylic acids is 2. The summed E-state index contributed by atoms with van der Waals surface area (Å²) >= 11 is 0. The summed E-state index contributed by atoms with van der Waals surface area (Å²) < 4.78 is 47.5. The van der Waals surface area contributed by atoms with Crippen LogP contribution in [-0.2, 0) is 14.3 Å². The highest BCUT2D eigenvalue weighted by molar-refractivity contribution is 6.07. The lowest BCUT2D eigenvalue weighted by molar-refractivity contribution is -0.162. The van der Waals surface area contributed by atoms with Gasteiger partial charge in [0.1, 0.15) is 11.6 Å². The Labute approximate surface area is 155 Å². The molecule has 0 N–H and O–H groups in total. The number of alkyl halides is 1. The van der Waals surface area contributed by atoms with Crippen LogP contribution in [0.4, 0.5) is 13.2 Å². The fourth-order valence-corrected chi connectivity index (χ4v) is 2.72. The van der Waals surface area contributed by atoms with Gasteiger partial charge in [0.05, 0.1) is 12.5 Å². The SMILES string of the molecule is CCOC(=O)C(F)(C(C)=O)C(/C=C/c1cccc(F)c1)c1cccc(F)c1. The summed E-state index contributed by atoms with van der Waals surface area (Å²) in [5.41, 5.74) is -2.58. The van der Waals surface area contributed by atoms with Crippen LogP contribution in [0.1, 0.15) is 30.9 Å². The third-order valence-corrected chi connectivity index (χ3v) is 4.05. The van der Waals surface area contributed by atoms with Crippen LogP contribution in [0.15, 0.2) is 54.6 Å². The number of Topliss-reactive ketones (excluding diaryl/α,β-unsaturated/α-hetero) is 1. The number of carbonyl (C=O) groups is 2. The minimum atomic E-state index is -3.05. The average molecular weight is 376 g/mol. The highest BCUT2D eigenvalue weighted by atomic mass is 19.1. The predicted molar refractivity (Wildman–Crippen MR) is 95.7 cm³/mol. The Morgan fingerprint density at radius 2 is 1.74 bits per heavy atom. The number of hydrogen-bond donors (Lipinski definition) is 0. The van der Waals surface area contributed by atoms with Crippen LogP contribution >= 0.6 is 0 Å². The van der Waals surface area contributed by atoms with E-state index in [0.29, 0.717) is 5.56 Å². The van der Waals surface area contributed by atoms with E-state index in [4.69, 9.17) is 4.74 Å². The Bertz CT molecular complexity index is 863. The van der Waals surface area contributed by atoms with Crippen molar-refractivity contribution >= 4 is 17.8 Å². The molecule has 2 atom stereocenters. The van der Waals surface area contributed by atoms with Gasteiger partial charge in [0.25, 0.3) is 5.67 Å². The molecule has 0 saturated heterocycles. The molecule has 2 aromatic rings. The van der Waals surface area contributed by atoms with Crippen molar-refractivity contribution in [2.75, 3.05) is 6.61 Å². The molecule has 142 valence electrons. The number of ketones is 1. The van der Waals surface area contributed by atoms with E-state index >= 15 is 4.39 Å². The van der Waals surface area contributed by atoms with E-state index in [-0.39, 0.29) is 12.2 Å². The van der Waals surface area contributed by atoms with Gasteiger partial charge in [0, 0.05) is 0 Å². The first-order valence-corrected chi connectivity index (χ1v) is 8.35. The second kappa shape index (κ2) is 8.66. The van der Waals surface area contributed by atoms with Gasteiger partial charge in [-0.2, -0.15) is 0 Å². The van der Waals surface area contributed by atoms with Gasteiger partial charge >= 0.3 is 5.97 Å². The van der Waals surface area contributed by atoms with Gasteiger partial charge in [-0.15, -0.1) is 0 Å². The Balaban J connectivity index is 2.57. The lowest BCUT2D eigenvalue weighted by Crippen LogP contribution is -2.47. The molecule has 0 aromatic heterocycles. The van der Waals surface area contributed by atoms with Crippen molar-refractivity contribution in [3.63, 3.8) is 0 Å².